The van der Waals surface area contributed by atoms with Crippen LogP contribution in [0.5, 0.6) is 5.75 Å². The highest BCUT2D eigenvalue weighted by molar-refractivity contribution is 6.33. The highest BCUT2D eigenvalue weighted by Gasteiger charge is 2.14. The Morgan fingerprint density at radius 2 is 1.04 bits per heavy atom. The van der Waals surface area contributed by atoms with Gasteiger partial charge < -0.3 is 5.11 Å². The summed E-state index contributed by atoms with van der Waals surface area (Å²) in [6.45, 7) is 8.25. The molecule has 0 saturated heterocycles. The zero-order valence-electron chi connectivity index (χ0n) is 16.0. The lowest BCUT2D eigenvalue weighted by molar-refractivity contribution is 0.482. The van der Waals surface area contributed by atoms with E-state index in [2.05, 4.69) is 68.4 Å². The minimum atomic E-state index is 0.358. The van der Waals surface area contributed by atoms with Crippen molar-refractivity contribution in [2.75, 3.05) is 0 Å². The fourth-order valence-corrected chi connectivity index (χ4v) is 3.64. The Labute approximate surface area is 155 Å². The van der Waals surface area contributed by atoms with Crippen molar-refractivity contribution < 1.29 is 5.11 Å². The molecule has 0 aliphatic carbocycles. The van der Waals surface area contributed by atoms with Crippen LogP contribution in [0.1, 0.15) is 34.1 Å². The molecule has 5 rings (SSSR count). The number of fused-ring (bicyclic) bond motifs is 2. The minimum Gasteiger partial charge on any atom is -0.507 e. The van der Waals surface area contributed by atoms with Gasteiger partial charge in [0.25, 0.3) is 0 Å². The predicted octanol–water partition coefficient (Wildman–Crippen LogP) is 7.89. The Balaban J connectivity index is 0.000000359. The maximum Gasteiger partial charge on any atom is 0.124 e. The van der Waals surface area contributed by atoms with E-state index in [-0.39, 0.29) is 0 Å². The third-order valence-corrected chi connectivity index (χ3v) is 4.49. The molecule has 1 N–H and O–H groups in total. The Hall–Kier alpha value is -2.80. The molecule has 0 heterocycles. The summed E-state index contributed by atoms with van der Waals surface area (Å²) in [6.07, 6.45) is 1.25. The maximum atomic E-state index is 10.4. The lowest BCUT2D eigenvalue weighted by Crippen LogP contribution is -1.86. The van der Waals surface area contributed by atoms with Crippen LogP contribution in [-0.4, -0.2) is 5.11 Å². The van der Waals surface area contributed by atoms with Gasteiger partial charge in [-0.3, -0.25) is 0 Å². The van der Waals surface area contributed by atoms with E-state index in [4.69, 9.17) is 0 Å². The lowest BCUT2D eigenvalue weighted by atomic mass is 9.89. The number of phenols is 1. The van der Waals surface area contributed by atoms with Crippen LogP contribution in [0.25, 0.3) is 43.1 Å². The molecule has 0 fully saturated rings. The zero-order valence-corrected chi connectivity index (χ0v) is 16.0. The molecule has 0 saturated carbocycles. The van der Waals surface area contributed by atoms with Crippen LogP contribution in [-0.2, 0) is 0 Å². The van der Waals surface area contributed by atoms with E-state index in [1.165, 1.54) is 33.4 Å². The summed E-state index contributed by atoms with van der Waals surface area (Å²) < 4.78 is 0. The normalized spacial score (nSPS) is 10.6. The van der Waals surface area contributed by atoms with Crippen LogP contribution in [0.4, 0.5) is 0 Å². The summed E-state index contributed by atoms with van der Waals surface area (Å²) in [5, 5.41) is 19.8. The van der Waals surface area contributed by atoms with Gasteiger partial charge in [0, 0.05) is 10.8 Å². The summed E-state index contributed by atoms with van der Waals surface area (Å²) in [4.78, 5) is 0. The third kappa shape index (κ3) is 2.74. The van der Waals surface area contributed by atoms with Gasteiger partial charge in [0.1, 0.15) is 5.75 Å². The predicted molar refractivity (Wildman–Crippen MR) is 117 cm³/mol. The monoisotopic (exact) mass is 342 g/mol. The molecule has 0 spiro atoms. The number of hydrogen-bond donors (Lipinski definition) is 1. The second-order valence-electron chi connectivity index (χ2n) is 6.28. The van der Waals surface area contributed by atoms with E-state index in [1.807, 2.05) is 19.9 Å². The van der Waals surface area contributed by atoms with Crippen LogP contribution in [0.15, 0.2) is 66.7 Å². The smallest absolute Gasteiger partial charge is 0.124 e. The van der Waals surface area contributed by atoms with E-state index >= 15 is 0 Å². The molecule has 26 heavy (non-hydrogen) atoms. The molecule has 0 aliphatic rings. The molecular weight excluding hydrogens is 316 g/mol. The van der Waals surface area contributed by atoms with Gasteiger partial charge in [0.05, 0.1) is 0 Å². The highest BCUT2D eigenvalue weighted by atomic mass is 16.3. The van der Waals surface area contributed by atoms with Gasteiger partial charge in [-0.15, -0.1) is 0 Å². The molecule has 132 valence electrons. The lowest BCUT2D eigenvalue weighted by Gasteiger charge is -2.14. The van der Waals surface area contributed by atoms with Crippen molar-refractivity contribution in [1.82, 2.24) is 0 Å². The SMILES string of the molecule is CC.CCC.Oc1ccc2cccc3c4cccc5cccc(c1c23)c54. The second-order valence-corrected chi connectivity index (χ2v) is 6.28. The Morgan fingerprint density at radius 3 is 1.62 bits per heavy atom. The van der Waals surface area contributed by atoms with E-state index in [0.29, 0.717) is 5.75 Å². The molecule has 5 aromatic carbocycles. The van der Waals surface area contributed by atoms with Crippen molar-refractivity contribution in [3.8, 4) is 5.75 Å². The molecule has 0 atom stereocenters. The zero-order chi connectivity index (χ0) is 18.7. The fourth-order valence-electron chi connectivity index (χ4n) is 3.64. The summed E-state index contributed by atoms with van der Waals surface area (Å²) >= 11 is 0. The van der Waals surface area contributed by atoms with Crippen LogP contribution >= 0.6 is 0 Å². The molecular formula is C25H26O. The first kappa shape index (κ1) is 18.0. The van der Waals surface area contributed by atoms with E-state index in [1.54, 1.807) is 6.07 Å². The summed E-state index contributed by atoms with van der Waals surface area (Å²) in [6, 6.07) is 22.9. The van der Waals surface area contributed by atoms with E-state index in [9.17, 15) is 5.11 Å². The second kappa shape index (κ2) is 7.61. The van der Waals surface area contributed by atoms with Crippen LogP contribution in [0.3, 0.4) is 0 Å². The average Bonchev–Trinajstić information content (AvgIpc) is 2.69. The molecule has 0 bridgehead atoms. The van der Waals surface area contributed by atoms with Gasteiger partial charge in [-0.05, 0) is 38.4 Å². The average molecular weight is 342 g/mol. The topological polar surface area (TPSA) is 20.2 Å². The fraction of sp³-hybridized carbons (Fsp3) is 0.200. The molecule has 0 amide bonds. The highest BCUT2D eigenvalue weighted by Crippen LogP contribution is 2.43. The van der Waals surface area contributed by atoms with Crippen molar-refractivity contribution in [3.05, 3.63) is 66.7 Å². The number of rotatable bonds is 0. The van der Waals surface area contributed by atoms with Gasteiger partial charge in [-0.2, -0.15) is 0 Å². The van der Waals surface area contributed by atoms with Crippen molar-refractivity contribution in [3.63, 3.8) is 0 Å². The summed E-state index contributed by atoms with van der Waals surface area (Å²) in [5.74, 6) is 0.358. The van der Waals surface area contributed by atoms with Gasteiger partial charge in [-0.1, -0.05) is 94.8 Å². The standard InChI is InChI=1S/C20H12O.C3H8.C2H6/c21-17-11-10-13-6-2-8-15-14-7-1-4-12-5-3-9-16(18(12)14)20(17)19(13)15;1-3-2;1-2/h1-11,21H;3H2,1-2H3;1-2H3. The van der Waals surface area contributed by atoms with Gasteiger partial charge >= 0.3 is 0 Å². The van der Waals surface area contributed by atoms with Crippen LogP contribution < -0.4 is 0 Å². The Morgan fingerprint density at radius 1 is 0.577 bits per heavy atom. The molecule has 0 aliphatic heterocycles. The third-order valence-electron chi connectivity index (χ3n) is 4.49. The summed E-state index contributed by atoms with van der Waals surface area (Å²) in [5.41, 5.74) is 0. The van der Waals surface area contributed by atoms with Crippen LogP contribution in [0.2, 0.25) is 0 Å². The quantitative estimate of drug-likeness (QED) is 0.224. The molecule has 0 aromatic heterocycles. The first-order valence-corrected chi connectivity index (χ1v) is 9.53. The van der Waals surface area contributed by atoms with E-state index in [0.717, 1.165) is 16.2 Å². The molecule has 1 heteroatoms. The number of hydrogen-bond acceptors (Lipinski definition) is 1. The largest absolute Gasteiger partial charge is 0.507 e. The summed E-state index contributed by atoms with van der Waals surface area (Å²) in [7, 11) is 0. The van der Waals surface area contributed by atoms with Gasteiger partial charge in [0.15, 0.2) is 0 Å². The molecule has 5 aromatic rings. The molecule has 1 nitrogen and oxygen atoms in total. The maximum absolute atomic E-state index is 10.4. The van der Waals surface area contributed by atoms with Crippen molar-refractivity contribution in [2.24, 2.45) is 0 Å². The van der Waals surface area contributed by atoms with Gasteiger partial charge in [0.2, 0.25) is 0 Å². The van der Waals surface area contributed by atoms with Crippen LogP contribution in [0, 0.1) is 0 Å². The van der Waals surface area contributed by atoms with Crippen molar-refractivity contribution >= 4 is 43.1 Å². The van der Waals surface area contributed by atoms with Crippen molar-refractivity contribution in [2.45, 2.75) is 34.1 Å². The molecule has 0 radical (unpaired) electrons. The van der Waals surface area contributed by atoms with E-state index < -0.39 is 0 Å². The number of aromatic hydroxyl groups is 1. The van der Waals surface area contributed by atoms with Gasteiger partial charge in [-0.25, -0.2) is 0 Å². The minimum absolute atomic E-state index is 0.358. The number of phenolic OH excluding ortho intramolecular Hbond substituents is 1. The first-order chi connectivity index (χ1) is 12.8. The first-order valence-electron chi connectivity index (χ1n) is 9.53. The number of benzene rings is 5. The molecule has 0 unspecified atom stereocenters. The Bertz CT molecular complexity index is 1150. The Kier molecular flexibility index (Phi) is 5.27. The van der Waals surface area contributed by atoms with Crippen molar-refractivity contribution in [1.29, 1.82) is 0 Å².